The second-order valence-electron chi connectivity index (χ2n) is 26.1. The van der Waals surface area contributed by atoms with Crippen molar-refractivity contribution in [2.24, 2.45) is 0 Å². The molecule has 8 nitrogen and oxygen atoms in total. The molecule has 14 rings (SSSR count). The van der Waals surface area contributed by atoms with Crippen molar-refractivity contribution in [1.29, 1.82) is 0 Å². The summed E-state index contributed by atoms with van der Waals surface area (Å²) in [5, 5.41) is 36.1. The van der Waals surface area contributed by atoms with Gasteiger partial charge in [-0.25, -0.2) is 0 Å². The van der Waals surface area contributed by atoms with Gasteiger partial charge in [0, 0.05) is 94.2 Å². The van der Waals surface area contributed by atoms with E-state index in [1.54, 1.807) is 0 Å². The number of aromatic nitrogens is 8. The summed E-state index contributed by atoms with van der Waals surface area (Å²) in [6, 6.07) is 20.5. The zero-order chi connectivity index (χ0) is 56.2. The summed E-state index contributed by atoms with van der Waals surface area (Å²) < 4.78 is 0. The first-order valence-electron chi connectivity index (χ1n) is 34.0. The molecule has 8 fully saturated rings. The van der Waals surface area contributed by atoms with Gasteiger partial charge in [-0.05, 0) is 140 Å². The average Bonchev–Trinajstić information content (AvgIpc) is 4.49. The molecule has 8 aliphatic rings. The van der Waals surface area contributed by atoms with Crippen LogP contribution in [-0.4, -0.2) is 69.3 Å². The van der Waals surface area contributed by atoms with Crippen LogP contribution in [0.3, 0.4) is 0 Å². The Morgan fingerprint density at radius 1 is 0.250 bits per heavy atom. The van der Waals surface area contributed by atoms with Gasteiger partial charge >= 0.3 is 0 Å². The Balaban J connectivity index is 0.000000148. The van der Waals surface area contributed by atoms with Gasteiger partial charge in [-0.2, -0.15) is 0 Å². The topological polar surface area (TPSA) is 108 Å². The van der Waals surface area contributed by atoms with Crippen LogP contribution in [0.15, 0.2) is 60.7 Å². The van der Waals surface area contributed by atoms with E-state index in [1.807, 2.05) is 36.4 Å². The van der Waals surface area contributed by atoms with E-state index in [0.29, 0.717) is 0 Å². The second kappa shape index (κ2) is 40.4. The fraction of sp³-hybridized carbons (Fsp3) is 0.714. The smallest absolute Gasteiger partial charge is 0.0471 e. The molecule has 458 valence electrons. The third-order valence-electron chi connectivity index (χ3n) is 19.6. The van der Waals surface area contributed by atoms with Crippen molar-refractivity contribution in [3.63, 3.8) is 0 Å². The Morgan fingerprint density at radius 2 is 0.417 bits per heavy atom. The Hall–Kier alpha value is -1.36. The number of aryl methyl sites for hydroxylation is 2. The quantitative estimate of drug-likeness (QED) is 0.139. The van der Waals surface area contributed by atoms with Crippen molar-refractivity contribution in [3.8, 4) is 0 Å². The molecule has 0 aliphatic heterocycles. The van der Waals surface area contributed by atoms with Gasteiger partial charge in [0.15, 0.2) is 0 Å². The van der Waals surface area contributed by atoms with Gasteiger partial charge in [-0.3, -0.25) is 0 Å². The number of hydrogen-bond acceptors (Lipinski definition) is 4. The molecule has 84 heavy (non-hydrogen) atoms. The Bertz CT molecular complexity index is 2130. The summed E-state index contributed by atoms with van der Waals surface area (Å²) in [6.07, 6.45) is 55.6. The van der Waals surface area contributed by atoms with E-state index in [9.17, 15) is 0 Å². The van der Waals surface area contributed by atoms with E-state index in [0.717, 1.165) is 47.3 Å². The van der Waals surface area contributed by atoms with Crippen molar-refractivity contribution >= 4 is 81.6 Å². The molecule has 0 spiro atoms. The molecular formula is C70H104N8P4Sb2-4. The van der Waals surface area contributed by atoms with Gasteiger partial charge in [0.2, 0.25) is 0 Å². The van der Waals surface area contributed by atoms with Crippen LogP contribution in [0.1, 0.15) is 359 Å². The van der Waals surface area contributed by atoms with E-state index in [1.165, 1.54) is 344 Å². The normalized spacial score (nSPS) is 21.3. The Kier molecular flexibility index (Phi) is 33.7. The van der Waals surface area contributed by atoms with Crippen LogP contribution < -0.4 is 20.4 Å². The minimum atomic E-state index is 0. The zero-order valence-corrected chi connectivity index (χ0v) is 60.6. The minimum absolute atomic E-state index is 0. The maximum atomic E-state index is 4.51. The first-order valence-corrected chi connectivity index (χ1v) is 37.6. The monoisotopic (exact) mass is 1420 g/mol. The number of rotatable bonds is 8. The molecular weight excluding hydrogens is 1320 g/mol. The van der Waals surface area contributed by atoms with Crippen molar-refractivity contribution in [2.45, 2.75) is 318 Å². The van der Waals surface area contributed by atoms with E-state index in [-0.39, 0.29) is 48.9 Å². The van der Waals surface area contributed by atoms with E-state index >= 15 is 0 Å². The van der Waals surface area contributed by atoms with Crippen LogP contribution in [0.4, 0.5) is 0 Å². The van der Waals surface area contributed by atoms with Crippen molar-refractivity contribution in [1.82, 2.24) is 40.8 Å². The number of benzene rings is 2. The Labute approximate surface area is 551 Å². The summed E-state index contributed by atoms with van der Waals surface area (Å²) in [7, 11) is 5.55. The van der Waals surface area contributed by atoms with Crippen molar-refractivity contribution < 1.29 is 0 Å². The maximum Gasteiger partial charge on any atom is 0.0471 e. The van der Waals surface area contributed by atoms with Crippen LogP contribution in [0.2, 0.25) is 0 Å². The fourth-order valence-electron chi connectivity index (χ4n) is 14.4. The van der Waals surface area contributed by atoms with Gasteiger partial charge in [-0.1, -0.05) is 259 Å². The molecule has 4 aromatic heterocycles. The van der Waals surface area contributed by atoms with E-state index in [4.69, 9.17) is 0 Å². The molecule has 0 amide bonds. The summed E-state index contributed by atoms with van der Waals surface area (Å²) in [5.74, 6) is 6.08. The molecule has 4 heterocycles. The molecule has 0 bridgehead atoms. The van der Waals surface area contributed by atoms with Gasteiger partial charge in [-0.15, -0.1) is 21.7 Å². The third-order valence-corrected chi connectivity index (χ3v) is 25.0. The number of hydrogen-bond donors (Lipinski definition) is 0. The predicted octanol–water partition coefficient (Wildman–Crippen LogP) is 22.1. The molecule has 2 aromatic carbocycles. The number of nitrogens with zero attached hydrogens (tertiary/aromatic N) is 8. The first-order chi connectivity index (χ1) is 40.5. The standard InChI is InChI=1S/4C14H22N2P.2C7H8.2Sb/c4*1-3-7-11(8-4-1)13-15-16-14(17-13)12-9-5-2-6-10-12;2*1-7-5-3-2-4-6-7;;/h4*11-12H,1-10H2;2*2-6H,1H3;;/q4*-1;;;;. The van der Waals surface area contributed by atoms with Crippen molar-refractivity contribution in [3.05, 3.63) is 115 Å². The average molecular weight is 1430 g/mol. The third kappa shape index (κ3) is 23.8. The molecule has 8 saturated carbocycles. The molecule has 6 aromatic rings. The summed E-state index contributed by atoms with van der Waals surface area (Å²) >= 11 is 0. The molecule has 0 atom stereocenters. The Morgan fingerprint density at radius 3 is 0.571 bits per heavy atom. The van der Waals surface area contributed by atoms with Crippen LogP contribution in [0, 0.1) is 13.8 Å². The summed E-state index contributed by atoms with van der Waals surface area (Å²) in [6.45, 7) is 4.17. The van der Waals surface area contributed by atoms with Crippen molar-refractivity contribution in [2.75, 3.05) is 0 Å². The van der Waals surface area contributed by atoms with E-state index in [2.05, 4.69) is 78.9 Å². The molecule has 14 heteroatoms. The molecule has 0 saturated heterocycles. The SMILES string of the molecule is C1CCC(c2n[n-]c(C3CCCCC3)p2)CC1.C1CCC(c2n[n-]c(C3CCCCC3)p2)CC1.C1CCC(c2n[n-]c(C3CCCCC3)p2)CC1.C1CCC(c2n[n-]c(C3CCCCC3)p2)CC1.Cc1ccccc1.Cc1ccccc1.[Sb].[Sb]. The van der Waals surface area contributed by atoms with Gasteiger partial charge in [0.25, 0.3) is 0 Å². The maximum absolute atomic E-state index is 4.51. The van der Waals surface area contributed by atoms with Crippen LogP contribution in [0.5, 0.6) is 0 Å². The molecule has 6 radical (unpaired) electrons. The molecule has 8 aliphatic carbocycles. The van der Waals surface area contributed by atoms with Crippen LogP contribution in [-0.2, 0) is 0 Å². The summed E-state index contributed by atoms with van der Waals surface area (Å²) in [4.78, 5) is 0. The molecule has 0 unspecified atom stereocenters. The first kappa shape index (κ1) is 70.1. The largest absolute Gasteiger partial charge is 0.574 e. The summed E-state index contributed by atoms with van der Waals surface area (Å²) in [5.41, 5.74) is 13.8. The minimum Gasteiger partial charge on any atom is -0.574 e. The van der Waals surface area contributed by atoms with Crippen LogP contribution in [0.25, 0.3) is 0 Å². The molecule has 0 N–H and O–H groups in total. The van der Waals surface area contributed by atoms with Gasteiger partial charge in [0.05, 0.1) is 0 Å². The second-order valence-corrected chi connectivity index (χ2v) is 30.7. The zero-order valence-electron chi connectivity index (χ0n) is 51.9. The van der Waals surface area contributed by atoms with Gasteiger partial charge in [0.1, 0.15) is 0 Å². The van der Waals surface area contributed by atoms with Gasteiger partial charge < -0.3 is 40.8 Å². The predicted molar refractivity (Wildman–Crippen MR) is 361 cm³/mol. The fourth-order valence-corrected chi connectivity index (χ4v) is 19.6. The van der Waals surface area contributed by atoms with Crippen LogP contribution >= 0.6 is 32.8 Å². The van der Waals surface area contributed by atoms with E-state index < -0.39 is 0 Å².